The largest absolute Gasteiger partial charge is 0.418 e. The van der Waals surface area contributed by atoms with Gasteiger partial charge in [0.1, 0.15) is 6.04 Å². The number of amides is 3. The van der Waals surface area contributed by atoms with Gasteiger partial charge in [-0.1, -0.05) is 0 Å². The normalized spacial score (nSPS) is 31.4. The number of hydrogen-bond acceptors (Lipinski definition) is 7. The molecule has 1 unspecified atom stereocenters. The van der Waals surface area contributed by atoms with Crippen LogP contribution in [-0.4, -0.2) is 77.6 Å². The van der Waals surface area contributed by atoms with E-state index in [1.807, 2.05) is 0 Å². The number of urea groups is 1. The van der Waals surface area contributed by atoms with Gasteiger partial charge >= 0.3 is 16.4 Å². The number of nitrogens with two attached hydrogens (primary N) is 1. The molecular weight excluding hydrogens is 342 g/mol. The third-order valence-corrected chi connectivity index (χ3v) is 4.88. The number of nitrogens with zero attached hydrogens (tertiary/aromatic N) is 3. The minimum Gasteiger partial charge on any atom is -0.326 e. The van der Waals surface area contributed by atoms with Gasteiger partial charge in [0, 0.05) is 25.7 Å². The lowest BCUT2D eigenvalue weighted by molar-refractivity contribution is -0.131. The molecule has 0 radical (unpaired) electrons. The standard InChI is InChI=1S/C12H21N5O6S/c13-8-2-1-5-15(6-8)14-11(18)10-4-3-9-7-16(10)12(19)17(9)23-24(20,21)22/h8-10H,1-7,13H2,(H,14,18)(H,20,21,22)/t8?,9-,10+/m1/s1. The summed E-state index contributed by atoms with van der Waals surface area (Å²) in [6.07, 6.45) is 2.57. The second-order valence-electron chi connectivity index (χ2n) is 6.33. The average Bonchev–Trinajstić information content (AvgIpc) is 2.71. The first-order valence-corrected chi connectivity index (χ1v) is 9.19. The zero-order chi connectivity index (χ0) is 17.5. The Kier molecular flexibility index (Phi) is 4.66. The van der Waals surface area contributed by atoms with E-state index in [1.165, 1.54) is 4.90 Å². The third kappa shape index (κ3) is 3.62. The molecule has 0 saturated carbocycles. The van der Waals surface area contributed by atoms with Gasteiger partial charge in [-0.25, -0.2) is 9.80 Å². The van der Waals surface area contributed by atoms with E-state index in [0.717, 1.165) is 12.8 Å². The van der Waals surface area contributed by atoms with E-state index in [4.69, 9.17) is 10.3 Å². The van der Waals surface area contributed by atoms with E-state index in [2.05, 4.69) is 9.71 Å². The topological polar surface area (TPSA) is 146 Å². The van der Waals surface area contributed by atoms with E-state index in [0.29, 0.717) is 31.0 Å². The lowest BCUT2D eigenvalue weighted by atomic mass is 10.0. The first kappa shape index (κ1) is 17.4. The summed E-state index contributed by atoms with van der Waals surface area (Å²) >= 11 is 0. The van der Waals surface area contributed by atoms with Crippen LogP contribution in [-0.2, 0) is 19.5 Å². The molecule has 136 valence electrons. The smallest absolute Gasteiger partial charge is 0.326 e. The monoisotopic (exact) mass is 363 g/mol. The van der Waals surface area contributed by atoms with Crippen molar-refractivity contribution in [2.45, 2.75) is 43.8 Å². The van der Waals surface area contributed by atoms with Gasteiger partial charge < -0.3 is 10.6 Å². The maximum absolute atomic E-state index is 12.5. The van der Waals surface area contributed by atoms with Crippen LogP contribution in [0.25, 0.3) is 0 Å². The van der Waals surface area contributed by atoms with Gasteiger partial charge in [-0.3, -0.25) is 14.8 Å². The lowest BCUT2D eigenvalue weighted by Gasteiger charge is -2.34. The molecule has 3 aliphatic rings. The van der Waals surface area contributed by atoms with Gasteiger partial charge in [0.15, 0.2) is 0 Å². The number of nitrogens with one attached hydrogen (secondary N) is 1. The molecule has 0 aromatic carbocycles. The molecule has 3 saturated heterocycles. The number of hydrazine groups is 1. The molecule has 3 atom stereocenters. The van der Waals surface area contributed by atoms with Crippen molar-refractivity contribution in [2.24, 2.45) is 5.73 Å². The van der Waals surface area contributed by atoms with Crippen molar-refractivity contribution >= 4 is 22.3 Å². The predicted octanol–water partition coefficient (Wildman–Crippen LogP) is -1.56. The highest BCUT2D eigenvalue weighted by atomic mass is 32.3. The molecule has 3 heterocycles. The molecule has 0 aliphatic carbocycles. The van der Waals surface area contributed by atoms with Gasteiger partial charge in [-0.05, 0) is 25.7 Å². The van der Waals surface area contributed by atoms with Crippen molar-refractivity contribution in [3.8, 4) is 0 Å². The maximum Gasteiger partial charge on any atom is 0.418 e. The van der Waals surface area contributed by atoms with Crippen LogP contribution < -0.4 is 11.2 Å². The van der Waals surface area contributed by atoms with Gasteiger partial charge in [-0.2, -0.15) is 13.5 Å². The van der Waals surface area contributed by atoms with Crippen LogP contribution in [0.2, 0.25) is 0 Å². The molecule has 12 heteroatoms. The number of hydrogen-bond donors (Lipinski definition) is 3. The second-order valence-corrected chi connectivity index (χ2v) is 7.34. The van der Waals surface area contributed by atoms with Crippen LogP contribution in [0.1, 0.15) is 25.7 Å². The molecule has 3 rings (SSSR count). The summed E-state index contributed by atoms with van der Waals surface area (Å²) in [4.78, 5) is 26.0. The Morgan fingerprint density at radius 2 is 2.04 bits per heavy atom. The number of fused-ring (bicyclic) bond motifs is 2. The summed E-state index contributed by atoms with van der Waals surface area (Å²) in [5, 5.41) is 2.37. The molecule has 3 aliphatic heterocycles. The van der Waals surface area contributed by atoms with E-state index in [9.17, 15) is 18.0 Å². The first-order chi connectivity index (χ1) is 11.2. The molecule has 3 amide bonds. The predicted molar refractivity (Wildman–Crippen MR) is 80.3 cm³/mol. The van der Waals surface area contributed by atoms with Crippen LogP contribution in [0.5, 0.6) is 0 Å². The molecule has 3 fully saturated rings. The van der Waals surface area contributed by atoms with Crippen LogP contribution >= 0.6 is 0 Å². The summed E-state index contributed by atoms with van der Waals surface area (Å²) in [7, 11) is -4.79. The molecule has 24 heavy (non-hydrogen) atoms. The summed E-state index contributed by atoms with van der Waals surface area (Å²) < 4.78 is 34.8. The second kappa shape index (κ2) is 6.44. The molecular formula is C12H21N5O6S. The number of piperidine rings is 2. The quantitative estimate of drug-likeness (QED) is 0.509. The van der Waals surface area contributed by atoms with Crippen molar-refractivity contribution in [1.82, 2.24) is 20.4 Å². The van der Waals surface area contributed by atoms with Gasteiger partial charge in [0.25, 0.3) is 5.91 Å². The minimum atomic E-state index is -4.79. The number of carbonyl (C=O) groups is 2. The summed E-state index contributed by atoms with van der Waals surface area (Å²) in [5.74, 6) is -0.329. The summed E-state index contributed by atoms with van der Waals surface area (Å²) in [6.45, 7) is 1.42. The van der Waals surface area contributed by atoms with E-state index < -0.39 is 28.5 Å². The Morgan fingerprint density at radius 3 is 2.71 bits per heavy atom. The fourth-order valence-electron chi connectivity index (χ4n) is 3.45. The molecule has 2 bridgehead atoms. The van der Waals surface area contributed by atoms with Crippen LogP contribution in [0, 0.1) is 0 Å². The summed E-state index contributed by atoms with van der Waals surface area (Å²) in [5.41, 5.74) is 8.66. The molecule has 11 nitrogen and oxygen atoms in total. The van der Waals surface area contributed by atoms with E-state index in [1.54, 1.807) is 5.01 Å². The van der Waals surface area contributed by atoms with Crippen molar-refractivity contribution in [2.75, 3.05) is 19.6 Å². The Hall–Kier alpha value is -1.47. The van der Waals surface area contributed by atoms with Crippen LogP contribution in [0.3, 0.4) is 0 Å². The number of carbonyl (C=O) groups excluding carboxylic acids is 2. The molecule has 0 aromatic heterocycles. The first-order valence-electron chi connectivity index (χ1n) is 7.82. The fourth-order valence-corrected chi connectivity index (χ4v) is 3.83. The highest BCUT2D eigenvalue weighted by molar-refractivity contribution is 7.80. The van der Waals surface area contributed by atoms with E-state index >= 15 is 0 Å². The Balaban J connectivity index is 1.64. The van der Waals surface area contributed by atoms with Crippen molar-refractivity contribution in [1.29, 1.82) is 0 Å². The zero-order valence-electron chi connectivity index (χ0n) is 13.0. The Morgan fingerprint density at radius 1 is 1.29 bits per heavy atom. The minimum absolute atomic E-state index is 0.00172. The number of rotatable bonds is 4. The SMILES string of the molecule is NC1CCCN(NC(=O)[C@@H]2CC[C@@H]3CN2C(=O)N3OS(=O)(=O)O)C1. The Bertz CT molecular complexity index is 627. The zero-order valence-corrected chi connectivity index (χ0v) is 13.8. The van der Waals surface area contributed by atoms with Crippen molar-refractivity contribution in [3.05, 3.63) is 0 Å². The molecule has 4 N–H and O–H groups in total. The van der Waals surface area contributed by atoms with Crippen LogP contribution in [0.15, 0.2) is 0 Å². The average molecular weight is 363 g/mol. The highest BCUT2D eigenvalue weighted by Gasteiger charge is 2.49. The van der Waals surface area contributed by atoms with Gasteiger partial charge in [-0.15, -0.1) is 4.28 Å². The van der Waals surface area contributed by atoms with Crippen molar-refractivity contribution < 1.29 is 26.8 Å². The fraction of sp³-hybridized carbons (Fsp3) is 0.833. The van der Waals surface area contributed by atoms with Crippen LogP contribution in [0.4, 0.5) is 4.79 Å². The van der Waals surface area contributed by atoms with Gasteiger partial charge in [0.05, 0.1) is 6.04 Å². The Labute approximate surface area is 139 Å². The molecule has 0 aromatic rings. The van der Waals surface area contributed by atoms with E-state index in [-0.39, 0.29) is 18.5 Å². The lowest BCUT2D eigenvalue weighted by Crippen LogP contribution is -2.57. The highest BCUT2D eigenvalue weighted by Crippen LogP contribution is 2.30. The van der Waals surface area contributed by atoms with Crippen molar-refractivity contribution in [3.63, 3.8) is 0 Å². The third-order valence-electron chi connectivity index (χ3n) is 4.53. The maximum atomic E-state index is 12.5. The molecule has 0 spiro atoms. The number of hydroxylamine groups is 2. The van der Waals surface area contributed by atoms with Gasteiger partial charge in [0.2, 0.25) is 0 Å². The summed E-state index contributed by atoms with van der Waals surface area (Å²) in [6, 6.07) is -1.96.